The lowest BCUT2D eigenvalue weighted by atomic mass is 10.1. The molecule has 1 aromatic carbocycles. The van der Waals surface area contributed by atoms with Crippen LogP contribution in [-0.4, -0.2) is 37.8 Å². The Morgan fingerprint density at radius 3 is 2.86 bits per heavy atom. The summed E-state index contributed by atoms with van der Waals surface area (Å²) in [5, 5.41) is 19.5. The van der Waals surface area contributed by atoms with Gasteiger partial charge in [-0.3, -0.25) is 5.10 Å². The molecule has 0 fully saturated rings. The van der Waals surface area contributed by atoms with Crippen molar-refractivity contribution in [2.45, 2.75) is 13.0 Å². The van der Waals surface area contributed by atoms with E-state index in [9.17, 15) is 4.79 Å². The molecule has 2 heterocycles. The van der Waals surface area contributed by atoms with Crippen molar-refractivity contribution in [2.75, 3.05) is 11.9 Å². The number of hydrogen-bond donors (Lipinski definition) is 3. The third kappa shape index (κ3) is 2.73. The van der Waals surface area contributed by atoms with E-state index >= 15 is 0 Å². The van der Waals surface area contributed by atoms with Gasteiger partial charge in [-0.1, -0.05) is 18.2 Å². The van der Waals surface area contributed by atoms with Gasteiger partial charge in [0, 0.05) is 36.5 Å². The lowest BCUT2D eigenvalue weighted by molar-refractivity contribution is 0.0688. The second kappa shape index (κ2) is 5.53. The van der Waals surface area contributed by atoms with Crippen LogP contribution in [0.25, 0.3) is 0 Å². The van der Waals surface area contributed by atoms with Crippen LogP contribution in [0.15, 0.2) is 30.3 Å². The van der Waals surface area contributed by atoms with Crippen LogP contribution in [0.3, 0.4) is 0 Å². The highest BCUT2D eigenvalue weighted by molar-refractivity contribution is 7.80. The number of nitrogens with zero attached hydrogens (tertiary/aromatic N) is 2. The first-order chi connectivity index (χ1) is 10.1. The van der Waals surface area contributed by atoms with E-state index in [0.29, 0.717) is 23.6 Å². The molecule has 2 aromatic rings. The molecule has 0 saturated heterocycles. The summed E-state index contributed by atoms with van der Waals surface area (Å²) in [6, 6.07) is 9.66. The van der Waals surface area contributed by atoms with Gasteiger partial charge in [-0.25, -0.2) is 4.79 Å². The molecule has 0 amide bonds. The molecule has 0 bridgehead atoms. The number of carboxylic acids is 1. The zero-order valence-electron chi connectivity index (χ0n) is 11.2. The number of aromatic carboxylic acids is 1. The van der Waals surface area contributed by atoms with Gasteiger partial charge in [0.25, 0.3) is 0 Å². The maximum atomic E-state index is 11.2. The zero-order chi connectivity index (χ0) is 14.8. The highest BCUT2D eigenvalue weighted by atomic mass is 32.1. The van der Waals surface area contributed by atoms with Gasteiger partial charge in [0.1, 0.15) is 0 Å². The zero-order valence-corrected chi connectivity index (χ0v) is 12.0. The van der Waals surface area contributed by atoms with Gasteiger partial charge in [0.05, 0.1) is 0 Å². The summed E-state index contributed by atoms with van der Waals surface area (Å²) in [6.07, 6.45) is 0.701. The van der Waals surface area contributed by atoms with E-state index in [1.165, 1.54) is 0 Å². The largest absolute Gasteiger partial charge is 0.476 e. The number of rotatable bonds is 2. The SMILES string of the molecule is O=C(O)c1n[nH]c2c1CN(C(=S)Nc1ccccc1)CC2. The highest BCUT2D eigenvalue weighted by Crippen LogP contribution is 2.21. The molecule has 1 aromatic heterocycles. The number of hydrogen-bond acceptors (Lipinski definition) is 3. The predicted octanol–water partition coefficient (Wildman–Crippen LogP) is 1.86. The highest BCUT2D eigenvalue weighted by Gasteiger charge is 2.26. The van der Waals surface area contributed by atoms with Crippen molar-refractivity contribution in [1.29, 1.82) is 0 Å². The fourth-order valence-electron chi connectivity index (χ4n) is 2.37. The van der Waals surface area contributed by atoms with Crippen LogP contribution in [0.2, 0.25) is 0 Å². The molecule has 6 nitrogen and oxygen atoms in total. The summed E-state index contributed by atoms with van der Waals surface area (Å²) < 4.78 is 0. The average molecular weight is 302 g/mol. The van der Waals surface area contributed by atoms with Gasteiger partial charge in [-0.05, 0) is 24.4 Å². The molecule has 0 saturated carbocycles. The number of aromatic amines is 1. The number of thiocarbonyl (C=S) groups is 1. The quantitative estimate of drug-likeness (QED) is 0.735. The second-order valence-corrected chi connectivity index (χ2v) is 5.19. The minimum absolute atomic E-state index is 0.0808. The molecule has 1 aliphatic heterocycles. The van der Waals surface area contributed by atoms with Gasteiger partial charge < -0.3 is 15.3 Å². The monoisotopic (exact) mass is 302 g/mol. The number of H-pyrrole nitrogens is 1. The predicted molar refractivity (Wildman–Crippen MR) is 82.3 cm³/mol. The van der Waals surface area contributed by atoms with Crippen LogP contribution in [0.1, 0.15) is 21.7 Å². The van der Waals surface area contributed by atoms with Gasteiger partial charge in [0.15, 0.2) is 10.8 Å². The third-order valence-corrected chi connectivity index (χ3v) is 3.81. The molecule has 0 unspecified atom stereocenters. The molecule has 21 heavy (non-hydrogen) atoms. The number of carbonyl (C=O) groups is 1. The Balaban J connectivity index is 1.75. The summed E-state index contributed by atoms with van der Waals surface area (Å²) in [6.45, 7) is 1.18. The van der Waals surface area contributed by atoms with Crippen LogP contribution in [0.5, 0.6) is 0 Å². The van der Waals surface area contributed by atoms with Crippen LogP contribution in [-0.2, 0) is 13.0 Å². The third-order valence-electron chi connectivity index (χ3n) is 3.45. The molecule has 108 valence electrons. The maximum Gasteiger partial charge on any atom is 0.356 e. The molecule has 1 aliphatic rings. The van der Waals surface area contributed by atoms with Crippen LogP contribution < -0.4 is 5.32 Å². The number of aromatic nitrogens is 2. The van der Waals surface area contributed by atoms with E-state index < -0.39 is 5.97 Å². The fraction of sp³-hybridized carbons (Fsp3) is 0.214. The van der Waals surface area contributed by atoms with Crippen LogP contribution in [0, 0.1) is 0 Å². The second-order valence-electron chi connectivity index (χ2n) is 4.80. The van der Waals surface area contributed by atoms with E-state index in [2.05, 4.69) is 15.5 Å². The maximum absolute atomic E-state index is 11.2. The van der Waals surface area contributed by atoms with Crippen molar-refractivity contribution in [2.24, 2.45) is 0 Å². The van der Waals surface area contributed by atoms with E-state index in [1.54, 1.807) is 0 Å². The number of benzene rings is 1. The van der Waals surface area contributed by atoms with Crippen LogP contribution in [0.4, 0.5) is 5.69 Å². The summed E-state index contributed by atoms with van der Waals surface area (Å²) in [5.41, 5.74) is 2.59. The van der Waals surface area contributed by atoms with Crippen LogP contribution >= 0.6 is 12.2 Å². The summed E-state index contributed by atoms with van der Waals surface area (Å²) in [5.74, 6) is -1.02. The molecule has 0 atom stereocenters. The number of fused-ring (bicyclic) bond motifs is 1. The molecule has 0 spiro atoms. The summed E-state index contributed by atoms with van der Waals surface area (Å²) in [4.78, 5) is 13.1. The van der Waals surface area contributed by atoms with Gasteiger partial charge in [0.2, 0.25) is 0 Å². The van der Waals surface area contributed by atoms with E-state index in [1.807, 2.05) is 35.2 Å². The van der Waals surface area contributed by atoms with Crippen molar-refractivity contribution in [3.05, 3.63) is 47.3 Å². The molecule has 0 aliphatic carbocycles. The Bertz CT molecular complexity index is 684. The number of para-hydroxylation sites is 1. The Morgan fingerprint density at radius 2 is 2.14 bits per heavy atom. The number of nitrogens with one attached hydrogen (secondary N) is 2. The molecule has 7 heteroatoms. The molecule has 3 N–H and O–H groups in total. The number of anilines is 1. The van der Waals surface area contributed by atoms with Crippen molar-refractivity contribution in [3.63, 3.8) is 0 Å². The molecular formula is C14H14N4O2S. The van der Waals surface area contributed by atoms with Gasteiger partial charge in [-0.2, -0.15) is 5.10 Å². The fourth-order valence-corrected chi connectivity index (χ4v) is 2.64. The molecular weight excluding hydrogens is 288 g/mol. The Morgan fingerprint density at radius 1 is 1.38 bits per heavy atom. The van der Waals surface area contributed by atoms with Crippen molar-refractivity contribution >= 4 is 29.0 Å². The van der Waals surface area contributed by atoms with Gasteiger partial charge >= 0.3 is 5.97 Å². The molecule has 3 rings (SSSR count). The first-order valence-electron chi connectivity index (χ1n) is 6.55. The smallest absolute Gasteiger partial charge is 0.356 e. The molecule has 0 radical (unpaired) electrons. The summed E-state index contributed by atoms with van der Waals surface area (Å²) >= 11 is 5.40. The topological polar surface area (TPSA) is 81.2 Å². The number of carboxylic acid groups (broad SMARTS) is 1. The minimum atomic E-state index is -1.02. The van der Waals surface area contributed by atoms with E-state index in [0.717, 1.165) is 17.9 Å². The van der Waals surface area contributed by atoms with Crippen molar-refractivity contribution in [3.8, 4) is 0 Å². The normalized spacial score (nSPS) is 13.6. The van der Waals surface area contributed by atoms with Gasteiger partial charge in [-0.15, -0.1) is 0 Å². The summed E-state index contributed by atoms with van der Waals surface area (Å²) in [7, 11) is 0. The van der Waals surface area contributed by atoms with Crippen molar-refractivity contribution in [1.82, 2.24) is 15.1 Å². The first-order valence-corrected chi connectivity index (χ1v) is 6.96. The first kappa shape index (κ1) is 13.6. The minimum Gasteiger partial charge on any atom is -0.476 e. The lowest BCUT2D eigenvalue weighted by Crippen LogP contribution is -2.39. The van der Waals surface area contributed by atoms with Crippen molar-refractivity contribution < 1.29 is 9.90 Å². The standard InChI is InChI=1S/C14H14N4O2S/c19-13(20)12-10-8-18(7-6-11(10)16-17-12)14(21)15-9-4-2-1-3-5-9/h1-5H,6-8H2,(H,15,21)(H,16,17)(H,19,20). The lowest BCUT2D eigenvalue weighted by Gasteiger charge is -2.29. The Kier molecular flexibility index (Phi) is 3.57. The average Bonchev–Trinajstić information content (AvgIpc) is 2.91. The van der Waals surface area contributed by atoms with E-state index in [4.69, 9.17) is 17.3 Å². The Labute approximate surface area is 126 Å². The van der Waals surface area contributed by atoms with E-state index in [-0.39, 0.29) is 5.69 Å². The Hall–Kier alpha value is -2.41.